The number of Topliss-reactive ketones (excluding diaryl/α,β-unsaturated/α-hetero) is 1. The Morgan fingerprint density at radius 2 is 2.13 bits per heavy atom. The Hall–Kier alpha value is -0.820. The van der Waals surface area contributed by atoms with E-state index < -0.39 is 0 Å². The fraction of sp³-hybridized carbons (Fsp3) is 0.462. The first-order valence-corrected chi connectivity index (χ1v) is 5.77. The molecule has 1 nitrogen and oxygen atoms in total. The van der Waals surface area contributed by atoms with Crippen LogP contribution in [0.25, 0.3) is 0 Å². The van der Waals surface area contributed by atoms with E-state index in [9.17, 15) is 4.79 Å². The van der Waals surface area contributed by atoms with Crippen LogP contribution in [0.15, 0.2) is 24.3 Å². The van der Waals surface area contributed by atoms with Crippen molar-refractivity contribution in [3.63, 3.8) is 0 Å². The maximum Gasteiger partial charge on any atom is 0.142 e. The molecule has 78 valence electrons. The third-order valence-electron chi connectivity index (χ3n) is 3.84. The van der Waals surface area contributed by atoms with Gasteiger partial charge < -0.3 is 0 Å². The molecule has 0 spiro atoms. The normalized spacial score (nSPS) is 37.9. The highest BCUT2D eigenvalue weighted by molar-refractivity contribution is 6.26. The summed E-state index contributed by atoms with van der Waals surface area (Å²) in [7, 11) is 0. The fourth-order valence-corrected chi connectivity index (χ4v) is 3.58. The van der Waals surface area contributed by atoms with E-state index in [1.807, 2.05) is 13.0 Å². The molecule has 0 heterocycles. The quantitative estimate of drug-likeness (QED) is 0.615. The average molecular weight is 221 g/mol. The van der Waals surface area contributed by atoms with Crippen molar-refractivity contribution in [2.75, 3.05) is 0 Å². The lowest BCUT2D eigenvalue weighted by Crippen LogP contribution is -2.53. The standard InChI is InChI=1S/C13H13ClO/c1-13(14)7-10-9-5-3-2-4-8(9)6-11(15)12(10)13/h2-5,10,12H,6-7H2,1H3/t10-,12-,13?/m0/s1. The van der Waals surface area contributed by atoms with Crippen molar-refractivity contribution in [3.05, 3.63) is 35.4 Å². The topological polar surface area (TPSA) is 17.1 Å². The molecule has 1 aromatic carbocycles. The van der Waals surface area contributed by atoms with Crippen LogP contribution in [0, 0.1) is 5.92 Å². The molecule has 0 bridgehead atoms. The van der Waals surface area contributed by atoms with E-state index in [2.05, 4.69) is 18.2 Å². The van der Waals surface area contributed by atoms with Crippen molar-refractivity contribution in [1.29, 1.82) is 0 Å². The number of ketones is 1. The summed E-state index contributed by atoms with van der Waals surface area (Å²) in [4.78, 5) is 11.7. The van der Waals surface area contributed by atoms with Crippen LogP contribution in [0.5, 0.6) is 0 Å². The van der Waals surface area contributed by atoms with E-state index in [-0.39, 0.29) is 10.8 Å². The number of alkyl halides is 1. The van der Waals surface area contributed by atoms with Gasteiger partial charge in [-0.05, 0) is 30.4 Å². The number of fused-ring (bicyclic) bond motifs is 3. The minimum atomic E-state index is -0.296. The Morgan fingerprint density at radius 3 is 2.87 bits per heavy atom. The fourth-order valence-electron chi connectivity index (χ4n) is 3.14. The molecule has 0 amide bonds. The molecular formula is C13H13ClO. The summed E-state index contributed by atoms with van der Waals surface area (Å²) < 4.78 is 0. The van der Waals surface area contributed by atoms with Crippen LogP contribution < -0.4 is 0 Å². The molecule has 2 aliphatic rings. The third kappa shape index (κ3) is 1.19. The SMILES string of the molecule is CC1(Cl)C[C@H]2c3ccccc3CC(=O)[C@H]21. The van der Waals surface area contributed by atoms with Crippen LogP contribution in [0.2, 0.25) is 0 Å². The van der Waals surface area contributed by atoms with E-state index in [1.165, 1.54) is 11.1 Å². The first-order chi connectivity index (χ1) is 7.09. The van der Waals surface area contributed by atoms with Crippen LogP contribution >= 0.6 is 11.6 Å². The van der Waals surface area contributed by atoms with Gasteiger partial charge in [0.15, 0.2) is 0 Å². The Bertz CT molecular complexity index is 436. The van der Waals surface area contributed by atoms with Crippen molar-refractivity contribution >= 4 is 17.4 Å². The van der Waals surface area contributed by atoms with Gasteiger partial charge in [0.05, 0.1) is 4.87 Å². The monoisotopic (exact) mass is 220 g/mol. The van der Waals surface area contributed by atoms with Crippen molar-refractivity contribution in [2.45, 2.75) is 30.6 Å². The average Bonchev–Trinajstić information content (AvgIpc) is 2.15. The first-order valence-electron chi connectivity index (χ1n) is 5.39. The van der Waals surface area contributed by atoms with Crippen LogP contribution in [-0.2, 0) is 11.2 Å². The van der Waals surface area contributed by atoms with E-state index in [0.29, 0.717) is 18.1 Å². The summed E-state index contributed by atoms with van der Waals surface area (Å²) in [5, 5.41) is 0. The predicted octanol–water partition coefficient (Wildman–Crippen LogP) is 2.91. The van der Waals surface area contributed by atoms with Crippen LogP contribution in [0.1, 0.15) is 30.4 Å². The Labute approximate surface area is 94.4 Å². The molecule has 3 rings (SSSR count). The molecule has 1 unspecified atom stereocenters. The number of hydrogen-bond acceptors (Lipinski definition) is 1. The van der Waals surface area contributed by atoms with Crippen molar-refractivity contribution < 1.29 is 4.79 Å². The highest BCUT2D eigenvalue weighted by atomic mass is 35.5. The van der Waals surface area contributed by atoms with Gasteiger partial charge in [-0.1, -0.05) is 24.3 Å². The molecule has 2 aliphatic carbocycles. The maximum atomic E-state index is 11.9. The summed E-state index contributed by atoms with van der Waals surface area (Å²) in [6.07, 6.45) is 1.50. The van der Waals surface area contributed by atoms with E-state index >= 15 is 0 Å². The number of halogens is 1. The Balaban J connectivity index is 2.07. The lowest BCUT2D eigenvalue weighted by Gasteiger charge is -2.51. The molecule has 1 aromatic rings. The zero-order valence-corrected chi connectivity index (χ0v) is 9.42. The largest absolute Gasteiger partial charge is 0.299 e. The Morgan fingerprint density at radius 1 is 1.40 bits per heavy atom. The first kappa shape index (κ1) is 9.41. The highest BCUT2D eigenvalue weighted by Crippen LogP contribution is 2.57. The molecule has 0 radical (unpaired) electrons. The minimum absolute atomic E-state index is 0.0501. The zero-order chi connectivity index (χ0) is 10.6. The van der Waals surface area contributed by atoms with Crippen LogP contribution in [0.3, 0.4) is 0 Å². The molecule has 1 saturated carbocycles. The molecule has 0 saturated heterocycles. The molecule has 0 aromatic heterocycles. The third-order valence-corrected chi connectivity index (χ3v) is 4.23. The summed E-state index contributed by atoms with van der Waals surface area (Å²) in [6.45, 7) is 1.99. The smallest absolute Gasteiger partial charge is 0.142 e. The van der Waals surface area contributed by atoms with Crippen molar-refractivity contribution in [1.82, 2.24) is 0 Å². The summed E-state index contributed by atoms with van der Waals surface area (Å²) >= 11 is 6.32. The van der Waals surface area contributed by atoms with Gasteiger partial charge in [0, 0.05) is 12.3 Å². The molecule has 0 aliphatic heterocycles. The lowest BCUT2D eigenvalue weighted by atomic mass is 9.56. The number of carbonyl (C=O) groups excluding carboxylic acids is 1. The second kappa shape index (κ2) is 2.85. The van der Waals surface area contributed by atoms with Crippen molar-refractivity contribution in [3.8, 4) is 0 Å². The maximum absolute atomic E-state index is 11.9. The van der Waals surface area contributed by atoms with E-state index in [1.54, 1.807) is 0 Å². The number of rotatable bonds is 0. The predicted molar refractivity (Wildman–Crippen MR) is 60.3 cm³/mol. The van der Waals surface area contributed by atoms with Gasteiger partial charge in [-0.3, -0.25) is 4.79 Å². The summed E-state index contributed by atoms with van der Waals surface area (Å²) in [6, 6.07) is 8.26. The molecule has 15 heavy (non-hydrogen) atoms. The van der Waals surface area contributed by atoms with Crippen molar-refractivity contribution in [2.24, 2.45) is 5.92 Å². The summed E-state index contributed by atoms with van der Waals surface area (Å²) in [5.41, 5.74) is 2.55. The second-order valence-electron chi connectivity index (χ2n) is 4.91. The molecular weight excluding hydrogens is 208 g/mol. The molecule has 0 N–H and O–H groups in total. The Kier molecular flexibility index (Phi) is 1.79. The molecule has 2 heteroatoms. The van der Waals surface area contributed by atoms with Gasteiger partial charge >= 0.3 is 0 Å². The number of carbonyl (C=O) groups is 1. The van der Waals surface area contributed by atoms with Gasteiger partial charge in [0.2, 0.25) is 0 Å². The van der Waals surface area contributed by atoms with Crippen LogP contribution in [0.4, 0.5) is 0 Å². The van der Waals surface area contributed by atoms with E-state index in [4.69, 9.17) is 11.6 Å². The zero-order valence-electron chi connectivity index (χ0n) is 8.66. The van der Waals surface area contributed by atoms with Gasteiger partial charge in [-0.15, -0.1) is 11.6 Å². The van der Waals surface area contributed by atoms with Gasteiger partial charge in [0.1, 0.15) is 5.78 Å². The molecule has 3 atom stereocenters. The van der Waals surface area contributed by atoms with Crippen LogP contribution in [-0.4, -0.2) is 10.7 Å². The highest BCUT2D eigenvalue weighted by Gasteiger charge is 2.55. The second-order valence-corrected chi connectivity index (χ2v) is 5.77. The van der Waals surface area contributed by atoms with Gasteiger partial charge in [-0.2, -0.15) is 0 Å². The number of hydrogen-bond donors (Lipinski definition) is 0. The molecule has 1 fully saturated rings. The van der Waals surface area contributed by atoms with Gasteiger partial charge in [0.25, 0.3) is 0 Å². The summed E-state index contributed by atoms with van der Waals surface area (Å²) in [5.74, 6) is 0.751. The lowest BCUT2D eigenvalue weighted by molar-refractivity contribution is -0.128. The van der Waals surface area contributed by atoms with Gasteiger partial charge in [-0.25, -0.2) is 0 Å². The number of benzene rings is 1. The minimum Gasteiger partial charge on any atom is -0.299 e. The van der Waals surface area contributed by atoms with E-state index in [0.717, 1.165) is 6.42 Å².